The van der Waals surface area contributed by atoms with Crippen molar-refractivity contribution in [2.24, 2.45) is 0 Å². The molecule has 3 aromatic heterocycles. The molecule has 0 atom stereocenters. The Labute approximate surface area is 215 Å². The molecule has 10 heteroatoms. The average Bonchev–Trinajstić information content (AvgIpc) is 2.87. The van der Waals surface area contributed by atoms with Gasteiger partial charge >= 0.3 is 0 Å². The molecule has 0 bridgehead atoms. The number of pyridine rings is 2. The number of anilines is 2. The minimum absolute atomic E-state index is 0. The number of nitrogens with zero attached hydrogens (tertiary/aromatic N) is 6. The summed E-state index contributed by atoms with van der Waals surface area (Å²) in [5.41, 5.74) is 2.40. The van der Waals surface area contributed by atoms with E-state index in [-0.39, 0.29) is 29.6 Å². The van der Waals surface area contributed by atoms with Crippen molar-refractivity contribution < 1.29 is 8.78 Å². The molecule has 0 saturated carbocycles. The number of aromatic nitrogens is 4. The molecule has 0 unspecified atom stereocenters. The Hall–Kier alpha value is -3.27. The highest BCUT2D eigenvalue weighted by molar-refractivity contribution is 5.85. The lowest BCUT2D eigenvalue weighted by Crippen LogP contribution is -2.45. The van der Waals surface area contributed by atoms with Crippen LogP contribution in [0.1, 0.15) is 18.2 Å². The fourth-order valence-electron chi connectivity index (χ4n) is 4.28. The third-order valence-corrected chi connectivity index (χ3v) is 6.29. The van der Waals surface area contributed by atoms with E-state index in [1.54, 1.807) is 25.1 Å². The van der Waals surface area contributed by atoms with E-state index < -0.39 is 11.6 Å². The van der Waals surface area contributed by atoms with Gasteiger partial charge in [-0.15, -0.1) is 12.4 Å². The van der Waals surface area contributed by atoms with Gasteiger partial charge in [-0.25, -0.2) is 23.7 Å². The second-order valence-corrected chi connectivity index (χ2v) is 8.76. The summed E-state index contributed by atoms with van der Waals surface area (Å²) in [6.07, 6.45) is 2.90. The third-order valence-electron chi connectivity index (χ3n) is 6.29. The summed E-state index contributed by atoms with van der Waals surface area (Å²) in [4.78, 5) is 21.9. The molecule has 1 saturated heterocycles. The van der Waals surface area contributed by atoms with Crippen molar-refractivity contribution in [2.75, 3.05) is 38.0 Å². The zero-order valence-electron chi connectivity index (χ0n) is 20.2. The van der Waals surface area contributed by atoms with Gasteiger partial charge in [0.2, 0.25) is 5.95 Å². The van der Waals surface area contributed by atoms with Gasteiger partial charge in [0.15, 0.2) is 5.82 Å². The molecule has 0 spiro atoms. The first-order valence-corrected chi connectivity index (χ1v) is 11.7. The minimum Gasteiger partial charge on any atom is -0.309 e. The Bertz CT molecular complexity index is 1340. The predicted octanol–water partition coefficient (Wildman–Crippen LogP) is 4.98. The standard InChI is InChI=1S/C26H27F2N7.ClH/c1-3-34-8-10-35(11-9-34)16-18-5-7-23(29-14-18)32-26-30-15-22(28)25(33-26)20-12-19-6-4-17(2)31-24(19)21(27)13-20;/h4-7,12-15H,3,8-11,16H2,1-2H3,(H,29,30,32,33);1H. The number of aryl methyl sites for hydroxylation is 1. The molecule has 1 aliphatic rings. The van der Waals surface area contributed by atoms with Crippen LogP contribution in [0, 0.1) is 18.6 Å². The van der Waals surface area contributed by atoms with Crippen molar-refractivity contribution in [1.82, 2.24) is 29.7 Å². The zero-order valence-corrected chi connectivity index (χ0v) is 21.0. The van der Waals surface area contributed by atoms with Gasteiger partial charge in [-0.1, -0.05) is 19.1 Å². The molecule has 1 fully saturated rings. The van der Waals surface area contributed by atoms with E-state index in [9.17, 15) is 8.78 Å². The monoisotopic (exact) mass is 511 g/mol. The molecule has 0 amide bonds. The first kappa shape index (κ1) is 25.8. The van der Waals surface area contributed by atoms with Gasteiger partial charge in [0.05, 0.1) is 6.20 Å². The number of rotatable bonds is 6. The van der Waals surface area contributed by atoms with Crippen LogP contribution in [0.25, 0.3) is 22.2 Å². The van der Waals surface area contributed by atoms with Gasteiger partial charge in [0, 0.05) is 55.6 Å². The number of nitrogens with one attached hydrogen (secondary N) is 1. The number of piperazine rings is 1. The smallest absolute Gasteiger partial charge is 0.229 e. The normalized spacial score (nSPS) is 14.6. The Morgan fingerprint density at radius 2 is 1.67 bits per heavy atom. The first-order valence-electron chi connectivity index (χ1n) is 11.7. The highest BCUT2D eigenvalue weighted by Crippen LogP contribution is 2.28. The molecule has 0 radical (unpaired) electrons. The molecule has 36 heavy (non-hydrogen) atoms. The summed E-state index contributed by atoms with van der Waals surface area (Å²) in [5.74, 6) is -0.436. The van der Waals surface area contributed by atoms with E-state index in [2.05, 4.69) is 42.0 Å². The first-order chi connectivity index (χ1) is 17.0. The van der Waals surface area contributed by atoms with Crippen LogP contribution in [0.5, 0.6) is 0 Å². The molecule has 1 aliphatic heterocycles. The van der Waals surface area contributed by atoms with E-state index in [0.29, 0.717) is 22.5 Å². The Morgan fingerprint density at radius 3 is 2.39 bits per heavy atom. The Morgan fingerprint density at radius 1 is 0.889 bits per heavy atom. The van der Waals surface area contributed by atoms with Crippen LogP contribution in [-0.4, -0.2) is 62.5 Å². The van der Waals surface area contributed by atoms with Crippen LogP contribution in [0.4, 0.5) is 20.5 Å². The number of benzene rings is 1. The van der Waals surface area contributed by atoms with E-state index >= 15 is 0 Å². The third kappa shape index (κ3) is 5.75. The quantitative estimate of drug-likeness (QED) is 0.391. The summed E-state index contributed by atoms with van der Waals surface area (Å²) in [7, 11) is 0. The summed E-state index contributed by atoms with van der Waals surface area (Å²) in [6.45, 7) is 10.2. The van der Waals surface area contributed by atoms with Crippen molar-refractivity contribution in [3.05, 3.63) is 71.7 Å². The highest BCUT2D eigenvalue weighted by Gasteiger charge is 2.16. The number of fused-ring (bicyclic) bond motifs is 1. The van der Waals surface area contributed by atoms with E-state index in [4.69, 9.17) is 0 Å². The minimum atomic E-state index is -0.638. The molecular weight excluding hydrogens is 484 g/mol. The van der Waals surface area contributed by atoms with Crippen LogP contribution in [0.15, 0.2) is 48.8 Å². The number of hydrogen-bond donors (Lipinski definition) is 1. The molecule has 188 valence electrons. The van der Waals surface area contributed by atoms with Crippen LogP contribution in [0.3, 0.4) is 0 Å². The Balaban J connectivity index is 0.00000304. The lowest BCUT2D eigenvalue weighted by molar-refractivity contribution is 0.132. The second kappa shape index (κ2) is 11.2. The topological polar surface area (TPSA) is 70.1 Å². The van der Waals surface area contributed by atoms with Crippen molar-refractivity contribution in [2.45, 2.75) is 20.4 Å². The fraction of sp³-hybridized carbons (Fsp3) is 0.308. The van der Waals surface area contributed by atoms with Crippen LogP contribution >= 0.6 is 12.4 Å². The van der Waals surface area contributed by atoms with Crippen molar-refractivity contribution in [1.29, 1.82) is 0 Å². The van der Waals surface area contributed by atoms with Gasteiger partial charge in [0.25, 0.3) is 0 Å². The van der Waals surface area contributed by atoms with Crippen LogP contribution in [-0.2, 0) is 6.54 Å². The van der Waals surface area contributed by atoms with Crippen LogP contribution < -0.4 is 5.32 Å². The summed E-state index contributed by atoms with van der Waals surface area (Å²) < 4.78 is 29.3. The SMILES string of the molecule is CCN1CCN(Cc2ccc(Nc3ncc(F)c(-c4cc(F)c5nc(C)ccc5c4)n3)nc2)CC1.Cl. The molecule has 1 N–H and O–H groups in total. The van der Waals surface area contributed by atoms with Gasteiger partial charge in [-0.3, -0.25) is 9.88 Å². The van der Waals surface area contributed by atoms with Crippen molar-refractivity contribution >= 4 is 35.1 Å². The molecular formula is C26H28ClF2N7. The molecule has 7 nitrogen and oxygen atoms in total. The molecule has 4 aromatic rings. The van der Waals surface area contributed by atoms with E-state index in [1.807, 2.05) is 18.3 Å². The second-order valence-electron chi connectivity index (χ2n) is 8.76. The van der Waals surface area contributed by atoms with Gasteiger partial charge < -0.3 is 10.2 Å². The zero-order chi connectivity index (χ0) is 24.4. The highest BCUT2D eigenvalue weighted by atomic mass is 35.5. The largest absolute Gasteiger partial charge is 0.309 e. The number of likely N-dealkylation sites (N-methyl/N-ethyl adjacent to an activating group) is 1. The van der Waals surface area contributed by atoms with Crippen LogP contribution in [0.2, 0.25) is 0 Å². The maximum atomic E-state index is 14.7. The lowest BCUT2D eigenvalue weighted by atomic mass is 10.1. The van der Waals surface area contributed by atoms with Gasteiger partial charge in [-0.05, 0) is 43.3 Å². The number of hydrogen-bond acceptors (Lipinski definition) is 7. The van der Waals surface area contributed by atoms with E-state index in [1.165, 1.54) is 6.07 Å². The molecule has 1 aromatic carbocycles. The maximum absolute atomic E-state index is 14.7. The fourth-order valence-corrected chi connectivity index (χ4v) is 4.28. The molecule has 4 heterocycles. The predicted molar refractivity (Wildman–Crippen MR) is 140 cm³/mol. The van der Waals surface area contributed by atoms with Crippen molar-refractivity contribution in [3.63, 3.8) is 0 Å². The number of halogens is 3. The molecule has 5 rings (SSSR count). The summed E-state index contributed by atoms with van der Waals surface area (Å²) in [6, 6.07) is 10.3. The average molecular weight is 512 g/mol. The van der Waals surface area contributed by atoms with Gasteiger partial charge in [0.1, 0.15) is 22.8 Å². The molecule has 0 aliphatic carbocycles. The van der Waals surface area contributed by atoms with E-state index in [0.717, 1.165) is 51.0 Å². The lowest BCUT2D eigenvalue weighted by Gasteiger charge is -2.33. The summed E-state index contributed by atoms with van der Waals surface area (Å²) in [5, 5.41) is 3.59. The van der Waals surface area contributed by atoms with Crippen molar-refractivity contribution in [3.8, 4) is 11.3 Å². The summed E-state index contributed by atoms with van der Waals surface area (Å²) >= 11 is 0. The Kier molecular flexibility index (Phi) is 8.03. The van der Waals surface area contributed by atoms with Gasteiger partial charge in [-0.2, -0.15) is 0 Å². The maximum Gasteiger partial charge on any atom is 0.229 e.